The minimum absolute atomic E-state index is 0.147. The highest BCUT2D eigenvalue weighted by molar-refractivity contribution is 7.14. The number of carbonyl (C=O) groups is 1. The van der Waals surface area contributed by atoms with Crippen LogP contribution in [-0.4, -0.2) is 17.1 Å². The third kappa shape index (κ3) is 3.82. The van der Waals surface area contributed by atoms with Crippen LogP contribution in [0.4, 0.5) is 9.93 Å². The van der Waals surface area contributed by atoms with E-state index in [2.05, 4.69) is 45.9 Å². The van der Waals surface area contributed by atoms with Crippen molar-refractivity contribution in [1.29, 1.82) is 0 Å². The second-order valence-corrected chi connectivity index (χ2v) is 7.39. The molecule has 2 amide bonds. The number of benzene rings is 2. The standard InChI is InChI=1S/C20H21N3OS/c24-19(21-17-8-2-1-3-9-17)23-20-22-18(13-25-20)16-11-10-14-6-4-5-7-15(14)12-16/h4-7,10-13,17H,1-3,8-9H2,(H2,21,22,23,24). The minimum atomic E-state index is -0.147. The molecule has 1 aliphatic carbocycles. The van der Waals surface area contributed by atoms with Gasteiger partial charge in [0.2, 0.25) is 0 Å². The Kier molecular flexibility index (Phi) is 4.65. The molecule has 4 rings (SSSR count). The number of nitrogens with zero attached hydrogens (tertiary/aromatic N) is 1. The van der Waals surface area contributed by atoms with Crippen LogP contribution < -0.4 is 10.6 Å². The molecule has 0 saturated heterocycles. The molecule has 1 aromatic heterocycles. The van der Waals surface area contributed by atoms with Gasteiger partial charge in [-0.2, -0.15) is 0 Å². The monoisotopic (exact) mass is 351 g/mol. The zero-order chi connectivity index (χ0) is 17.1. The van der Waals surface area contributed by atoms with E-state index in [-0.39, 0.29) is 6.03 Å². The van der Waals surface area contributed by atoms with Gasteiger partial charge in [-0.1, -0.05) is 55.7 Å². The maximum atomic E-state index is 12.1. The zero-order valence-corrected chi connectivity index (χ0v) is 14.8. The van der Waals surface area contributed by atoms with Crippen LogP contribution >= 0.6 is 11.3 Å². The van der Waals surface area contributed by atoms with E-state index in [4.69, 9.17) is 0 Å². The van der Waals surface area contributed by atoms with Gasteiger partial charge in [0.15, 0.2) is 5.13 Å². The van der Waals surface area contributed by atoms with Gasteiger partial charge in [-0.25, -0.2) is 9.78 Å². The van der Waals surface area contributed by atoms with Crippen LogP contribution in [0.5, 0.6) is 0 Å². The molecule has 0 bridgehead atoms. The average molecular weight is 351 g/mol. The lowest BCUT2D eigenvalue weighted by atomic mass is 9.96. The number of urea groups is 1. The fourth-order valence-electron chi connectivity index (χ4n) is 3.38. The predicted octanol–water partition coefficient (Wildman–Crippen LogP) is 5.42. The highest BCUT2D eigenvalue weighted by Crippen LogP contribution is 2.27. The molecular formula is C20H21N3OS. The number of fused-ring (bicyclic) bond motifs is 1. The molecule has 0 spiro atoms. The van der Waals surface area contributed by atoms with Crippen molar-refractivity contribution in [3.63, 3.8) is 0 Å². The van der Waals surface area contributed by atoms with Crippen molar-refractivity contribution in [1.82, 2.24) is 10.3 Å². The number of aromatic nitrogens is 1. The number of thiazole rings is 1. The van der Waals surface area contributed by atoms with Crippen LogP contribution in [-0.2, 0) is 0 Å². The first-order chi connectivity index (χ1) is 12.3. The van der Waals surface area contributed by atoms with Crippen molar-refractivity contribution < 1.29 is 4.79 Å². The Hall–Kier alpha value is -2.40. The molecule has 2 N–H and O–H groups in total. The average Bonchev–Trinajstić information content (AvgIpc) is 3.10. The normalized spacial score (nSPS) is 15.2. The number of hydrogen-bond donors (Lipinski definition) is 2. The van der Waals surface area contributed by atoms with Crippen molar-refractivity contribution in [2.75, 3.05) is 5.32 Å². The third-order valence-corrected chi connectivity index (χ3v) is 5.47. The van der Waals surface area contributed by atoms with Gasteiger partial charge in [0.1, 0.15) is 0 Å². The number of anilines is 1. The summed E-state index contributed by atoms with van der Waals surface area (Å²) < 4.78 is 0. The van der Waals surface area contributed by atoms with Crippen LogP contribution in [0.25, 0.3) is 22.0 Å². The Bertz CT molecular complexity index is 883. The predicted molar refractivity (Wildman–Crippen MR) is 104 cm³/mol. The van der Waals surface area contributed by atoms with E-state index in [0.717, 1.165) is 24.1 Å². The molecule has 3 aromatic rings. The van der Waals surface area contributed by atoms with Crippen LogP contribution in [0.15, 0.2) is 47.8 Å². The SMILES string of the molecule is O=C(Nc1nc(-c2ccc3ccccc3c2)cs1)NC1CCCCC1. The molecule has 0 unspecified atom stereocenters. The molecule has 1 fully saturated rings. The van der Waals surface area contributed by atoms with Crippen LogP contribution in [0, 0.1) is 0 Å². The lowest BCUT2D eigenvalue weighted by Gasteiger charge is -2.22. The van der Waals surface area contributed by atoms with Gasteiger partial charge >= 0.3 is 6.03 Å². The van der Waals surface area contributed by atoms with Gasteiger partial charge < -0.3 is 5.32 Å². The fraction of sp³-hybridized carbons (Fsp3) is 0.300. The van der Waals surface area contributed by atoms with E-state index >= 15 is 0 Å². The highest BCUT2D eigenvalue weighted by atomic mass is 32.1. The Balaban J connectivity index is 1.44. The van der Waals surface area contributed by atoms with E-state index in [0.29, 0.717) is 11.2 Å². The van der Waals surface area contributed by atoms with E-state index in [9.17, 15) is 4.79 Å². The summed E-state index contributed by atoms with van der Waals surface area (Å²) in [6.07, 6.45) is 5.84. The Labute approximate surface area is 151 Å². The van der Waals surface area contributed by atoms with Gasteiger partial charge in [-0.3, -0.25) is 5.32 Å². The van der Waals surface area contributed by atoms with Crippen molar-refractivity contribution in [2.24, 2.45) is 0 Å². The largest absolute Gasteiger partial charge is 0.335 e. The minimum Gasteiger partial charge on any atom is -0.335 e. The maximum absolute atomic E-state index is 12.1. The molecule has 2 aromatic carbocycles. The van der Waals surface area contributed by atoms with E-state index in [1.54, 1.807) is 0 Å². The van der Waals surface area contributed by atoms with E-state index < -0.39 is 0 Å². The topological polar surface area (TPSA) is 54.0 Å². The number of hydrogen-bond acceptors (Lipinski definition) is 3. The summed E-state index contributed by atoms with van der Waals surface area (Å²) in [7, 11) is 0. The second kappa shape index (κ2) is 7.23. The van der Waals surface area contributed by atoms with Gasteiger partial charge in [0, 0.05) is 17.0 Å². The first kappa shape index (κ1) is 16.1. The first-order valence-corrected chi connectivity index (χ1v) is 9.68. The molecule has 0 atom stereocenters. The zero-order valence-electron chi connectivity index (χ0n) is 14.0. The van der Waals surface area contributed by atoms with Gasteiger partial charge in [0.25, 0.3) is 0 Å². The molecule has 1 heterocycles. The summed E-state index contributed by atoms with van der Waals surface area (Å²) in [4.78, 5) is 16.7. The summed E-state index contributed by atoms with van der Waals surface area (Å²) >= 11 is 1.46. The molecule has 4 nitrogen and oxygen atoms in total. The Morgan fingerprint density at radius 2 is 1.84 bits per heavy atom. The molecule has 0 radical (unpaired) electrons. The summed E-state index contributed by atoms with van der Waals surface area (Å²) in [5.74, 6) is 0. The molecular weight excluding hydrogens is 330 g/mol. The Morgan fingerprint density at radius 1 is 1.04 bits per heavy atom. The molecule has 25 heavy (non-hydrogen) atoms. The second-order valence-electron chi connectivity index (χ2n) is 6.53. The van der Waals surface area contributed by atoms with Crippen molar-refractivity contribution >= 4 is 33.3 Å². The molecule has 0 aliphatic heterocycles. The summed E-state index contributed by atoms with van der Waals surface area (Å²) in [6.45, 7) is 0. The Morgan fingerprint density at radius 3 is 2.68 bits per heavy atom. The van der Waals surface area contributed by atoms with Crippen LogP contribution in [0.1, 0.15) is 32.1 Å². The maximum Gasteiger partial charge on any atom is 0.321 e. The number of rotatable bonds is 3. The molecule has 5 heteroatoms. The number of carbonyl (C=O) groups excluding carboxylic acids is 1. The molecule has 1 saturated carbocycles. The smallest absolute Gasteiger partial charge is 0.321 e. The van der Waals surface area contributed by atoms with Gasteiger partial charge in [-0.05, 0) is 29.7 Å². The van der Waals surface area contributed by atoms with Crippen molar-refractivity contribution in [3.05, 3.63) is 47.8 Å². The van der Waals surface area contributed by atoms with Gasteiger partial charge in [0.05, 0.1) is 5.69 Å². The fourth-order valence-corrected chi connectivity index (χ4v) is 4.09. The number of amides is 2. The highest BCUT2D eigenvalue weighted by Gasteiger charge is 2.16. The van der Waals surface area contributed by atoms with Gasteiger partial charge in [-0.15, -0.1) is 11.3 Å². The lowest BCUT2D eigenvalue weighted by molar-refractivity contribution is 0.244. The van der Waals surface area contributed by atoms with Crippen molar-refractivity contribution in [2.45, 2.75) is 38.1 Å². The summed E-state index contributed by atoms with van der Waals surface area (Å²) in [5, 5.41) is 11.0. The third-order valence-electron chi connectivity index (χ3n) is 4.71. The van der Waals surface area contributed by atoms with E-state index in [1.165, 1.54) is 41.4 Å². The summed E-state index contributed by atoms with van der Waals surface area (Å²) in [6, 6.07) is 14.7. The lowest BCUT2D eigenvalue weighted by Crippen LogP contribution is -2.38. The quantitative estimate of drug-likeness (QED) is 0.662. The molecule has 128 valence electrons. The van der Waals surface area contributed by atoms with E-state index in [1.807, 2.05) is 17.5 Å². The summed E-state index contributed by atoms with van der Waals surface area (Å²) in [5.41, 5.74) is 1.96. The molecule has 1 aliphatic rings. The first-order valence-electron chi connectivity index (χ1n) is 8.80. The van der Waals surface area contributed by atoms with Crippen LogP contribution in [0.2, 0.25) is 0 Å². The van der Waals surface area contributed by atoms with Crippen molar-refractivity contribution in [3.8, 4) is 11.3 Å². The number of nitrogens with one attached hydrogen (secondary N) is 2. The van der Waals surface area contributed by atoms with Crippen LogP contribution in [0.3, 0.4) is 0 Å².